The standard InChI is InChI=1S/C13H10N4OS/c1-8-6-12(19-17-8)16-13(18)11-7-14-9-4-2-3-5-10(9)15-11/h2-7H,1H3,(H,16,18). The van der Waals surface area contributed by atoms with E-state index in [0.29, 0.717) is 16.2 Å². The number of carbonyl (C=O) groups excluding carboxylic acids is 1. The van der Waals surface area contributed by atoms with Crippen molar-refractivity contribution >= 4 is 33.5 Å². The zero-order valence-corrected chi connectivity index (χ0v) is 10.9. The van der Waals surface area contributed by atoms with Crippen LogP contribution in [0.15, 0.2) is 36.5 Å². The molecule has 0 saturated heterocycles. The third-order valence-electron chi connectivity index (χ3n) is 2.55. The molecular weight excluding hydrogens is 260 g/mol. The van der Waals surface area contributed by atoms with Crippen LogP contribution in [0.2, 0.25) is 0 Å². The quantitative estimate of drug-likeness (QED) is 0.777. The van der Waals surface area contributed by atoms with Gasteiger partial charge in [-0.15, -0.1) is 0 Å². The minimum absolute atomic E-state index is 0.276. The van der Waals surface area contributed by atoms with Gasteiger partial charge in [0.15, 0.2) is 0 Å². The zero-order chi connectivity index (χ0) is 13.2. The lowest BCUT2D eigenvalue weighted by Crippen LogP contribution is -2.13. The van der Waals surface area contributed by atoms with Gasteiger partial charge in [0.1, 0.15) is 10.7 Å². The van der Waals surface area contributed by atoms with Gasteiger partial charge in [-0.1, -0.05) is 12.1 Å². The van der Waals surface area contributed by atoms with Gasteiger partial charge in [0.05, 0.1) is 22.9 Å². The van der Waals surface area contributed by atoms with E-state index in [0.717, 1.165) is 11.2 Å². The van der Waals surface area contributed by atoms with E-state index in [-0.39, 0.29) is 5.91 Å². The van der Waals surface area contributed by atoms with Gasteiger partial charge in [-0.05, 0) is 36.7 Å². The molecule has 1 amide bonds. The molecule has 6 heteroatoms. The highest BCUT2D eigenvalue weighted by Crippen LogP contribution is 2.16. The Bertz CT molecular complexity index is 753. The molecule has 3 aromatic rings. The van der Waals surface area contributed by atoms with E-state index in [1.807, 2.05) is 37.3 Å². The maximum absolute atomic E-state index is 12.0. The fourth-order valence-corrected chi connectivity index (χ4v) is 2.32. The average molecular weight is 270 g/mol. The van der Waals surface area contributed by atoms with Crippen LogP contribution in [-0.2, 0) is 0 Å². The highest BCUT2D eigenvalue weighted by molar-refractivity contribution is 7.10. The van der Waals surface area contributed by atoms with E-state index in [9.17, 15) is 4.79 Å². The SMILES string of the molecule is Cc1cc(NC(=O)c2cnc3ccccc3n2)sn1. The van der Waals surface area contributed by atoms with Crippen LogP contribution < -0.4 is 5.32 Å². The Labute approximate surface area is 113 Å². The van der Waals surface area contributed by atoms with Crippen molar-refractivity contribution in [3.8, 4) is 0 Å². The molecule has 0 fully saturated rings. The van der Waals surface area contributed by atoms with Crippen LogP contribution in [-0.4, -0.2) is 20.2 Å². The highest BCUT2D eigenvalue weighted by Gasteiger charge is 2.10. The van der Waals surface area contributed by atoms with Gasteiger partial charge in [-0.2, -0.15) is 4.37 Å². The predicted octanol–water partition coefficient (Wildman–Crippen LogP) is 2.65. The maximum Gasteiger partial charge on any atom is 0.276 e. The van der Waals surface area contributed by atoms with Crippen molar-refractivity contribution in [1.29, 1.82) is 0 Å². The van der Waals surface area contributed by atoms with Gasteiger partial charge < -0.3 is 5.32 Å². The number of carbonyl (C=O) groups is 1. The molecule has 19 heavy (non-hydrogen) atoms. The summed E-state index contributed by atoms with van der Waals surface area (Å²) >= 11 is 1.25. The summed E-state index contributed by atoms with van der Waals surface area (Å²) < 4.78 is 4.10. The van der Waals surface area contributed by atoms with Crippen LogP contribution in [0.5, 0.6) is 0 Å². The number of aromatic nitrogens is 3. The molecule has 0 aliphatic carbocycles. The van der Waals surface area contributed by atoms with E-state index >= 15 is 0 Å². The van der Waals surface area contributed by atoms with E-state index in [1.165, 1.54) is 17.7 Å². The molecule has 5 nitrogen and oxygen atoms in total. The first-order valence-electron chi connectivity index (χ1n) is 5.69. The van der Waals surface area contributed by atoms with Gasteiger partial charge in [0.2, 0.25) is 0 Å². The molecule has 3 rings (SSSR count). The van der Waals surface area contributed by atoms with E-state index in [2.05, 4.69) is 19.7 Å². The van der Waals surface area contributed by atoms with Crippen molar-refractivity contribution in [2.24, 2.45) is 0 Å². The third-order valence-corrected chi connectivity index (χ3v) is 3.34. The highest BCUT2D eigenvalue weighted by atomic mass is 32.1. The third kappa shape index (κ3) is 2.43. The van der Waals surface area contributed by atoms with Crippen LogP contribution in [0.4, 0.5) is 5.00 Å². The molecule has 0 spiro atoms. The van der Waals surface area contributed by atoms with Gasteiger partial charge >= 0.3 is 0 Å². The number of amides is 1. The molecule has 0 saturated carbocycles. The monoisotopic (exact) mass is 270 g/mol. The molecule has 1 aromatic carbocycles. The summed E-state index contributed by atoms with van der Waals surface area (Å²) in [5, 5.41) is 3.46. The first-order valence-corrected chi connectivity index (χ1v) is 6.46. The van der Waals surface area contributed by atoms with Gasteiger partial charge in [-0.25, -0.2) is 4.98 Å². The number of para-hydroxylation sites is 2. The van der Waals surface area contributed by atoms with Crippen molar-refractivity contribution in [2.75, 3.05) is 5.32 Å². The molecule has 0 aliphatic heterocycles. The van der Waals surface area contributed by atoms with Crippen LogP contribution in [0.1, 0.15) is 16.2 Å². The Hall–Kier alpha value is -2.34. The maximum atomic E-state index is 12.0. The lowest BCUT2D eigenvalue weighted by atomic mass is 10.3. The van der Waals surface area contributed by atoms with Crippen molar-refractivity contribution in [1.82, 2.24) is 14.3 Å². The van der Waals surface area contributed by atoms with Gasteiger partial charge in [0, 0.05) is 0 Å². The number of aryl methyl sites for hydroxylation is 1. The number of rotatable bonds is 2. The van der Waals surface area contributed by atoms with Crippen LogP contribution >= 0.6 is 11.5 Å². The number of nitrogens with one attached hydrogen (secondary N) is 1. The largest absolute Gasteiger partial charge is 0.311 e. The number of fused-ring (bicyclic) bond motifs is 1. The summed E-state index contributed by atoms with van der Waals surface area (Å²) in [6, 6.07) is 9.26. The summed E-state index contributed by atoms with van der Waals surface area (Å²) in [6.45, 7) is 1.88. The van der Waals surface area contributed by atoms with Crippen LogP contribution in [0, 0.1) is 6.92 Å². The number of hydrogen-bond donors (Lipinski definition) is 1. The Morgan fingerprint density at radius 3 is 2.79 bits per heavy atom. The Morgan fingerprint density at radius 2 is 2.05 bits per heavy atom. The number of nitrogens with zero attached hydrogens (tertiary/aromatic N) is 3. The molecular formula is C13H10N4OS. The number of hydrogen-bond acceptors (Lipinski definition) is 5. The van der Waals surface area contributed by atoms with Gasteiger partial charge in [-0.3, -0.25) is 9.78 Å². The lowest BCUT2D eigenvalue weighted by molar-refractivity contribution is 0.102. The lowest BCUT2D eigenvalue weighted by Gasteiger charge is -2.02. The molecule has 1 N–H and O–H groups in total. The first kappa shape index (κ1) is 11.7. The molecule has 2 heterocycles. The summed E-state index contributed by atoms with van der Waals surface area (Å²) in [6.07, 6.45) is 1.48. The Kier molecular flexibility index (Phi) is 2.92. The number of benzene rings is 1. The Balaban J connectivity index is 1.89. The molecule has 0 unspecified atom stereocenters. The van der Waals surface area contributed by atoms with E-state index in [1.54, 1.807) is 0 Å². The summed E-state index contributed by atoms with van der Waals surface area (Å²) in [7, 11) is 0. The Morgan fingerprint density at radius 1 is 1.26 bits per heavy atom. The minimum atomic E-state index is -0.276. The second-order valence-electron chi connectivity index (χ2n) is 4.03. The number of anilines is 1. The second kappa shape index (κ2) is 4.74. The van der Waals surface area contributed by atoms with E-state index in [4.69, 9.17) is 0 Å². The van der Waals surface area contributed by atoms with Crippen LogP contribution in [0.25, 0.3) is 11.0 Å². The predicted molar refractivity (Wildman–Crippen MR) is 74.3 cm³/mol. The summed E-state index contributed by atoms with van der Waals surface area (Å²) in [5.74, 6) is -0.276. The average Bonchev–Trinajstić information content (AvgIpc) is 2.83. The van der Waals surface area contributed by atoms with Crippen molar-refractivity contribution in [2.45, 2.75) is 6.92 Å². The molecule has 0 aliphatic rings. The van der Waals surface area contributed by atoms with Crippen molar-refractivity contribution in [3.63, 3.8) is 0 Å². The molecule has 0 atom stereocenters. The van der Waals surface area contributed by atoms with E-state index < -0.39 is 0 Å². The minimum Gasteiger partial charge on any atom is -0.311 e. The molecule has 2 aromatic heterocycles. The van der Waals surface area contributed by atoms with Crippen LogP contribution in [0.3, 0.4) is 0 Å². The zero-order valence-electron chi connectivity index (χ0n) is 10.1. The fourth-order valence-electron chi connectivity index (χ4n) is 1.67. The van der Waals surface area contributed by atoms with Crippen molar-refractivity contribution in [3.05, 3.63) is 47.9 Å². The molecule has 0 bridgehead atoms. The molecule has 0 radical (unpaired) electrons. The normalized spacial score (nSPS) is 10.6. The summed E-state index contributed by atoms with van der Waals surface area (Å²) in [5.41, 5.74) is 2.65. The fraction of sp³-hybridized carbons (Fsp3) is 0.0769. The summed E-state index contributed by atoms with van der Waals surface area (Å²) in [4.78, 5) is 20.5. The topological polar surface area (TPSA) is 67.8 Å². The van der Waals surface area contributed by atoms with Gasteiger partial charge in [0.25, 0.3) is 5.91 Å². The molecule has 94 valence electrons. The second-order valence-corrected chi connectivity index (χ2v) is 4.84. The smallest absolute Gasteiger partial charge is 0.276 e. The van der Waals surface area contributed by atoms with Crippen molar-refractivity contribution < 1.29 is 4.79 Å². The first-order chi connectivity index (χ1) is 9.22.